The van der Waals surface area contributed by atoms with Crippen LogP contribution in [0.2, 0.25) is 0 Å². The Kier molecular flexibility index (Phi) is 5.14. The number of fused-ring (bicyclic) bond motifs is 1. The number of benzene rings is 2. The van der Waals surface area contributed by atoms with E-state index in [0.29, 0.717) is 18.6 Å². The van der Waals surface area contributed by atoms with Crippen molar-refractivity contribution < 1.29 is 17.9 Å². The second-order valence-corrected chi connectivity index (χ2v) is 10.4. The molecule has 0 spiro atoms. The minimum atomic E-state index is -2.94. The summed E-state index contributed by atoms with van der Waals surface area (Å²) in [5.74, 6) is 1.09. The lowest BCUT2D eigenvalue weighted by molar-refractivity contribution is 0.0922. The van der Waals surface area contributed by atoms with Crippen LogP contribution in [0, 0.1) is 0 Å². The van der Waals surface area contributed by atoms with Gasteiger partial charge in [-0.1, -0.05) is 30.3 Å². The second kappa shape index (κ2) is 7.56. The molecule has 0 unspecified atom stereocenters. The van der Waals surface area contributed by atoms with Gasteiger partial charge in [0, 0.05) is 22.1 Å². The fourth-order valence-corrected chi connectivity index (χ4v) is 7.14. The van der Waals surface area contributed by atoms with Crippen molar-refractivity contribution >= 4 is 27.5 Å². The van der Waals surface area contributed by atoms with E-state index < -0.39 is 9.84 Å². The summed E-state index contributed by atoms with van der Waals surface area (Å²) in [6.45, 7) is 0.568. The molecule has 0 radical (unpaired) electrons. The van der Waals surface area contributed by atoms with Gasteiger partial charge in [0.15, 0.2) is 9.84 Å². The highest BCUT2D eigenvalue weighted by atomic mass is 32.2. The van der Waals surface area contributed by atoms with Crippen LogP contribution in [-0.4, -0.2) is 37.7 Å². The smallest absolute Gasteiger partial charge is 0.252 e. The summed E-state index contributed by atoms with van der Waals surface area (Å²) in [5, 5.41) is 3.13. The van der Waals surface area contributed by atoms with Crippen LogP contribution >= 0.6 is 11.8 Å². The summed E-state index contributed by atoms with van der Waals surface area (Å²) in [6, 6.07) is 15.1. The van der Waals surface area contributed by atoms with E-state index in [4.69, 9.17) is 4.74 Å². The molecular formula is C20H21NO4S2. The Morgan fingerprint density at radius 1 is 1.07 bits per heavy atom. The highest BCUT2D eigenvalue weighted by Crippen LogP contribution is 2.35. The molecule has 1 N–H and O–H groups in total. The zero-order valence-corrected chi connectivity index (χ0v) is 16.4. The van der Waals surface area contributed by atoms with Gasteiger partial charge in [-0.3, -0.25) is 4.79 Å². The van der Waals surface area contributed by atoms with Gasteiger partial charge < -0.3 is 10.1 Å². The third-order valence-corrected chi connectivity index (χ3v) is 8.20. The van der Waals surface area contributed by atoms with Gasteiger partial charge >= 0.3 is 0 Å². The lowest BCUT2D eigenvalue weighted by Crippen LogP contribution is -2.32. The maximum absolute atomic E-state index is 13.0. The van der Waals surface area contributed by atoms with Crippen molar-refractivity contribution in [2.24, 2.45) is 0 Å². The molecule has 2 aromatic carbocycles. The maximum Gasteiger partial charge on any atom is 0.252 e. The molecule has 0 bridgehead atoms. The molecule has 2 atom stereocenters. The van der Waals surface area contributed by atoms with E-state index in [1.807, 2.05) is 42.5 Å². The highest BCUT2D eigenvalue weighted by molar-refractivity contribution is 8.02. The number of carbonyl (C=O) groups excluding carboxylic acids is 1. The minimum Gasteiger partial charge on any atom is -0.493 e. The first kappa shape index (κ1) is 18.4. The average Bonchev–Trinajstić information content (AvgIpc) is 3.01. The monoisotopic (exact) mass is 403 g/mol. The summed E-state index contributed by atoms with van der Waals surface area (Å²) in [4.78, 5) is 13.8. The molecule has 5 nitrogen and oxygen atoms in total. The van der Waals surface area contributed by atoms with Crippen molar-refractivity contribution in [1.29, 1.82) is 0 Å². The Bertz CT molecular complexity index is 958. The van der Waals surface area contributed by atoms with E-state index in [1.54, 1.807) is 6.07 Å². The van der Waals surface area contributed by atoms with Gasteiger partial charge in [-0.15, -0.1) is 11.8 Å². The van der Waals surface area contributed by atoms with Gasteiger partial charge in [0.2, 0.25) is 0 Å². The summed E-state index contributed by atoms with van der Waals surface area (Å²) < 4.78 is 29.1. The first-order chi connectivity index (χ1) is 13.0. The normalized spacial score (nSPS) is 23.3. The van der Waals surface area contributed by atoms with E-state index >= 15 is 0 Å². The zero-order chi connectivity index (χ0) is 18.9. The number of ether oxygens (including phenoxy) is 1. The number of nitrogens with one attached hydrogen (secondary N) is 1. The molecule has 1 fully saturated rings. The summed E-state index contributed by atoms with van der Waals surface area (Å²) in [6.07, 6.45) is 1.36. The summed E-state index contributed by atoms with van der Waals surface area (Å²) in [5.41, 5.74) is 1.58. The van der Waals surface area contributed by atoms with Crippen LogP contribution in [0.25, 0.3) is 0 Å². The third-order valence-electron chi connectivity index (χ3n) is 4.88. The van der Waals surface area contributed by atoms with Crippen molar-refractivity contribution in [2.45, 2.75) is 29.0 Å². The molecule has 1 saturated heterocycles. The maximum atomic E-state index is 13.0. The van der Waals surface area contributed by atoms with Crippen LogP contribution in [0.4, 0.5) is 0 Å². The molecule has 4 rings (SSSR count). The van der Waals surface area contributed by atoms with Gasteiger partial charge in [-0.2, -0.15) is 0 Å². The van der Waals surface area contributed by atoms with E-state index in [-0.39, 0.29) is 28.7 Å². The van der Waals surface area contributed by atoms with Gasteiger partial charge in [0.25, 0.3) is 5.91 Å². The van der Waals surface area contributed by atoms with Crippen molar-refractivity contribution in [3.8, 4) is 5.75 Å². The van der Waals surface area contributed by atoms with Crippen LogP contribution in [0.1, 0.15) is 34.8 Å². The lowest BCUT2D eigenvalue weighted by Gasteiger charge is -2.27. The van der Waals surface area contributed by atoms with E-state index in [9.17, 15) is 13.2 Å². The van der Waals surface area contributed by atoms with Gasteiger partial charge in [-0.25, -0.2) is 8.42 Å². The molecule has 2 heterocycles. The quantitative estimate of drug-likeness (QED) is 0.849. The van der Waals surface area contributed by atoms with Crippen LogP contribution in [0.3, 0.4) is 0 Å². The predicted molar refractivity (Wildman–Crippen MR) is 106 cm³/mol. The second-order valence-electron chi connectivity index (χ2n) is 6.84. The number of hydrogen-bond donors (Lipinski definition) is 1. The molecule has 0 saturated carbocycles. The molecule has 2 aromatic rings. The number of para-hydroxylation sites is 1. The first-order valence-corrected chi connectivity index (χ1v) is 11.7. The van der Waals surface area contributed by atoms with Crippen molar-refractivity contribution in [3.63, 3.8) is 0 Å². The number of sulfone groups is 1. The average molecular weight is 404 g/mol. The van der Waals surface area contributed by atoms with E-state index in [0.717, 1.165) is 22.6 Å². The fraction of sp³-hybridized carbons (Fsp3) is 0.350. The SMILES string of the molecule is O=C(N[C@@H]1CCOc2ccccc21)c1ccccc1S[C@@H]1CCS(=O)(=O)C1. The van der Waals surface area contributed by atoms with Crippen LogP contribution in [0.5, 0.6) is 5.75 Å². The molecule has 7 heteroatoms. The Labute approximate surface area is 163 Å². The summed E-state index contributed by atoms with van der Waals surface area (Å²) in [7, 11) is -2.94. The largest absolute Gasteiger partial charge is 0.493 e. The standard InChI is InChI=1S/C20H21NO4S2/c22-20(21-17-9-11-25-18-7-3-1-5-15(17)18)16-6-2-4-8-19(16)26-14-10-12-27(23,24)13-14/h1-8,14,17H,9-13H2,(H,21,22)/t14-,17-/m1/s1. The van der Waals surface area contributed by atoms with Crippen molar-refractivity contribution in [2.75, 3.05) is 18.1 Å². The van der Waals surface area contributed by atoms with E-state index in [2.05, 4.69) is 5.32 Å². The van der Waals surface area contributed by atoms with Gasteiger partial charge in [-0.05, 0) is 24.6 Å². The lowest BCUT2D eigenvalue weighted by atomic mass is 10.00. The van der Waals surface area contributed by atoms with E-state index in [1.165, 1.54) is 11.8 Å². The predicted octanol–water partition coefficient (Wildman–Crippen LogP) is 3.22. The Morgan fingerprint density at radius 3 is 2.67 bits per heavy atom. The molecule has 1 amide bonds. The molecule has 27 heavy (non-hydrogen) atoms. The zero-order valence-electron chi connectivity index (χ0n) is 14.8. The number of rotatable bonds is 4. The van der Waals surface area contributed by atoms with Crippen LogP contribution in [-0.2, 0) is 9.84 Å². The first-order valence-electron chi connectivity index (χ1n) is 9.00. The van der Waals surface area contributed by atoms with Crippen molar-refractivity contribution in [3.05, 3.63) is 59.7 Å². The molecule has 142 valence electrons. The molecule has 0 aliphatic carbocycles. The Morgan fingerprint density at radius 2 is 1.85 bits per heavy atom. The van der Waals surface area contributed by atoms with Crippen molar-refractivity contribution in [1.82, 2.24) is 5.32 Å². The Hall–Kier alpha value is -1.99. The molecule has 0 aromatic heterocycles. The third kappa shape index (κ3) is 4.14. The summed E-state index contributed by atoms with van der Waals surface area (Å²) >= 11 is 1.49. The highest BCUT2D eigenvalue weighted by Gasteiger charge is 2.30. The minimum absolute atomic E-state index is 0.00718. The number of hydrogen-bond acceptors (Lipinski definition) is 5. The van der Waals surface area contributed by atoms with Gasteiger partial charge in [0.05, 0.1) is 29.7 Å². The van der Waals surface area contributed by atoms with Gasteiger partial charge in [0.1, 0.15) is 5.75 Å². The van der Waals surface area contributed by atoms with Crippen LogP contribution < -0.4 is 10.1 Å². The molecule has 2 aliphatic rings. The molecular weight excluding hydrogens is 382 g/mol. The fourth-order valence-electron chi connectivity index (χ4n) is 3.52. The topological polar surface area (TPSA) is 72.5 Å². The Balaban J connectivity index is 1.52. The number of thioether (sulfide) groups is 1. The number of amides is 1. The number of carbonyl (C=O) groups is 1. The molecule has 2 aliphatic heterocycles. The van der Waals surface area contributed by atoms with Crippen LogP contribution in [0.15, 0.2) is 53.4 Å².